The molecule has 1 aliphatic heterocycles. The van der Waals surface area contributed by atoms with Crippen molar-refractivity contribution in [1.82, 2.24) is 0 Å². The monoisotopic (exact) mass is 380 g/mol. The molecule has 0 spiro atoms. The summed E-state index contributed by atoms with van der Waals surface area (Å²) in [5.74, 6) is -0.260. The molecule has 0 amide bonds. The SMILES string of the molecule is C/C(=C\Cc1c(O)c2c(c(C)c1OCCCS)COC2=O)CCC(=O)O. The van der Waals surface area contributed by atoms with Gasteiger partial charge < -0.3 is 19.7 Å². The van der Waals surface area contributed by atoms with E-state index in [9.17, 15) is 14.7 Å². The highest BCUT2D eigenvalue weighted by atomic mass is 32.1. The molecule has 6 nitrogen and oxygen atoms in total. The first-order chi connectivity index (χ1) is 12.4. The molecule has 142 valence electrons. The predicted molar refractivity (Wildman–Crippen MR) is 100 cm³/mol. The first-order valence-electron chi connectivity index (χ1n) is 8.52. The molecule has 0 atom stereocenters. The topological polar surface area (TPSA) is 93.1 Å². The fraction of sp³-hybridized carbons (Fsp3) is 0.474. The van der Waals surface area contributed by atoms with Crippen LogP contribution in [-0.2, 0) is 22.6 Å². The van der Waals surface area contributed by atoms with Gasteiger partial charge in [0.25, 0.3) is 0 Å². The Morgan fingerprint density at radius 3 is 2.77 bits per heavy atom. The van der Waals surface area contributed by atoms with E-state index >= 15 is 0 Å². The number of phenols is 1. The van der Waals surface area contributed by atoms with Crippen molar-refractivity contribution in [2.24, 2.45) is 0 Å². The lowest BCUT2D eigenvalue weighted by Crippen LogP contribution is -2.07. The van der Waals surface area contributed by atoms with Crippen molar-refractivity contribution in [3.63, 3.8) is 0 Å². The molecule has 2 rings (SSSR count). The van der Waals surface area contributed by atoms with Gasteiger partial charge in [-0.15, -0.1) is 0 Å². The van der Waals surface area contributed by atoms with E-state index in [-0.39, 0.29) is 24.3 Å². The second-order valence-corrected chi connectivity index (χ2v) is 6.73. The number of phenolic OH excluding ortho intramolecular Hbond substituents is 1. The van der Waals surface area contributed by atoms with Gasteiger partial charge in [-0.3, -0.25) is 4.79 Å². The minimum Gasteiger partial charge on any atom is -0.507 e. The molecule has 0 unspecified atom stereocenters. The molecule has 0 aliphatic carbocycles. The maximum atomic E-state index is 12.0. The third-order valence-electron chi connectivity index (χ3n) is 4.38. The second-order valence-electron chi connectivity index (χ2n) is 6.28. The molecule has 26 heavy (non-hydrogen) atoms. The number of thiol groups is 1. The highest BCUT2D eigenvalue weighted by molar-refractivity contribution is 7.80. The Hall–Kier alpha value is -2.15. The molecular weight excluding hydrogens is 356 g/mol. The van der Waals surface area contributed by atoms with Crippen LogP contribution in [0.5, 0.6) is 11.5 Å². The van der Waals surface area contributed by atoms with Crippen molar-refractivity contribution in [2.45, 2.75) is 46.1 Å². The normalized spacial score (nSPS) is 13.5. The van der Waals surface area contributed by atoms with E-state index in [1.165, 1.54) is 0 Å². The lowest BCUT2D eigenvalue weighted by Gasteiger charge is -2.17. The highest BCUT2D eigenvalue weighted by Crippen LogP contribution is 2.42. The second kappa shape index (κ2) is 8.98. The molecular formula is C19H24O6S. The Morgan fingerprint density at radius 2 is 2.12 bits per heavy atom. The third kappa shape index (κ3) is 4.52. The summed E-state index contributed by atoms with van der Waals surface area (Å²) in [4.78, 5) is 22.7. The van der Waals surface area contributed by atoms with Crippen LogP contribution in [0.3, 0.4) is 0 Å². The van der Waals surface area contributed by atoms with Gasteiger partial charge in [-0.2, -0.15) is 12.6 Å². The Bertz CT molecular complexity index is 738. The van der Waals surface area contributed by atoms with Crippen LogP contribution >= 0.6 is 12.6 Å². The largest absolute Gasteiger partial charge is 0.507 e. The summed E-state index contributed by atoms with van der Waals surface area (Å²) >= 11 is 4.17. The number of carboxylic acid groups (broad SMARTS) is 1. The molecule has 1 aromatic carbocycles. The molecule has 0 aromatic heterocycles. The van der Waals surface area contributed by atoms with E-state index in [1.807, 2.05) is 19.9 Å². The number of cyclic esters (lactones) is 1. The van der Waals surface area contributed by atoms with Crippen molar-refractivity contribution in [1.29, 1.82) is 0 Å². The molecule has 0 saturated carbocycles. The number of aromatic hydroxyl groups is 1. The highest BCUT2D eigenvalue weighted by Gasteiger charge is 2.32. The van der Waals surface area contributed by atoms with E-state index in [0.29, 0.717) is 42.1 Å². The van der Waals surface area contributed by atoms with Gasteiger partial charge in [0.2, 0.25) is 0 Å². The van der Waals surface area contributed by atoms with Crippen LogP contribution in [0.1, 0.15) is 53.2 Å². The fourth-order valence-corrected chi connectivity index (χ4v) is 3.00. The van der Waals surface area contributed by atoms with Crippen molar-refractivity contribution < 1.29 is 29.3 Å². The van der Waals surface area contributed by atoms with Gasteiger partial charge in [0.1, 0.15) is 23.7 Å². The average molecular weight is 380 g/mol. The predicted octanol–water partition coefficient (Wildman–Crippen LogP) is 3.42. The number of carboxylic acids is 1. The number of carbonyl (C=O) groups excluding carboxylic acids is 1. The number of allylic oxidation sites excluding steroid dienone is 2. The Labute approximate surface area is 158 Å². The summed E-state index contributed by atoms with van der Waals surface area (Å²) < 4.78 is 10.9. The fourth-order valence-electron chi connectivity index (χ4n) is 2.87. The zero-order valence-corrected chi connectivity index (χ0v) is 15.9. The van der Waals surface area contributed by atoms with Crippen molar-refractivity contribution in [3.8, 4) is 11.5 Å². The number of fused-ring (bicyclic) bond motifs is 1. The minimum absolute atomic E-state index is 0.0508. The van der Waals surface area contributed by atoms with Gasteiger partial charge in [0.15, 0.2) is 0 Å². The van der Waals surface area contributed by atoms with Gasteiger partial charge in [-0.05, 0) is 44.4 Å². The van der Waals surface area contributed by atoms with Crippen LogP contribution in [0.2, 0.25) is 0 Å². The molecule has 0 bridgehead atoms. The maximum absolute atomic E-state index is 12.0. The summed E-state index contributed by atoms with van der Waals surface area (Å²) in [6.07, 6.45) is 3.43. The Kier molecular flexibility index (Phi) is 6.97. The Morgan fingerprint density at radius 1 is 1.38 bits per heavy atom. The summed E-state index contributed by atoms with van der Waals surface area (Å²) in [7, 11) is 0. The van der Waals surface area contributed by atoms with E-state index in [2.05, 4.69) is 12.6 Å². The summed E-state index contributed by atoms with van der Waals surface area (Å²) in [5, 5.41) is 19.4. The molecule has 2 N–H and O–H groups in total. The number of esters is 1. The maximum Gasteiger partial charge on any atom is 0.342 e. The summed E-state index contributed by atoms with van der Waals surface area (Å²) in [5.41, 5.74) is 3.07. The number of ether oxygens (including phenoxy) is 2. The lowest BCUT2D eigenvalue weighted by molar-refractivity contribution is -0.136. The average Bonchev–Trinajstić information content (AvgIpc) is 2.99. The van der Waals surface area contributed by atoms with E-state index in [4.69, 9.17) is 14.6 Å². The van der Waals surface area contributed by atoms with Crippen LogP contribution in [0, 0.1) is 6.92 Å². The molecule has 0 radical (unpaired) electrons. The number of aliphatic carboxylic acids is 1. The quantitative estimate of drug-likeness (QED) is 0.263. The van der Waals surface area contributed by atoms with Gasteiger partial charge in [-0.25, -0.2) is 4.79 Å². The van der Waals surface area contributed by atoms with E-state index < -0.39 is 11.9 Å². The van der Waals surface area contributed by atoms with Crippen LogP contribution in [0.15, 0.2) is 11.6 Å². The van der Waals surface area contributed by atoms with Gasteiger partial charge in [-0.1, -0.05) is 11.6 Å². The Balaban J connectivity index is 2.37. The number of benzene rings is 1. The zero-order chi connectivity index (χ0) is 19.3. The first kappa shape index (κ1) is 20.2. The van der Waals surface area contributed by atoms with Crippen molar-refractivity contribution in [3.05, 3.63) is 33.9 Å². The van der Waals surface area contributed by atoms with Crippen LogP contribution in [0.25, 0.3) is 0 Å². The van der Waals surface area contributed by atoms with E-state index in [0.717, 1.165) is 17.6 Å². The smallest absolute Gasteiger partial charge is 0.342 e. The van der Waals surface area contributed by atoms with Crippen molar-refractivity contribution >= 4 is 24.6 Å². The van der Waals surface area contributed by atoms with Gasteiger partial charge in [0, 0.05) is 17.5 Å². The molecule has 7 heteroatoms. The van der Waals surface area contributed by atoms with Crippen molar-refractivity contribution in [2.75, 3.05) is 12.4 Å². The van der Waals surface area contributed by atoms with E-state index in [1.54, 1.807) is 0 Å². The third-order valence-corrected chi connectivity index (χ3v) is 4.70. The first-order valence-corrected chi connectivity index (χ1v) is 9.15. The van der Waals surface area contributed by atoms with Gasteiger partial charge in [0.05, 0.1) is 6.61 Å². The molecule has 1 heterocycles. The number of hydrogen-bond acceptors (Lipinski definition) is 6. The van der Waals surface area contributed by atoms with Crippen LogP contribution in [-0.4, -0.2) is 34.5 Å². The molecule has 0 fully saturated rings. The number of hydrogen-bond donors (Lipinski definition) is 3. The number of rotatable bonds is 9. The summed E-state index contributed by atoms with van der Waals surface area (Å²) in [6.45, 7) is 4.27. The minimum atomic E-state index is -0.854. The van der Waals surface area contributed by atoms with Gasteiger partial charge >= 0.3 is 11.9 Å². The lowest BCUT2D eigenvalue weighted by atomic mass is 9.94. The molecule has 0 saturated heterocycles. The number of carbonyl (C=O) groups is 2. The molecule has 1 aliphatic rings. The van der Waals surface area contributed by atoms with Crippen LogP contribution in [0.4, 0.5) is 0 Å². The van der Waals surface area contributed by atoms with Crippen LogP contribution < -0.4 is 4.74 Å². The standard InChI is InChI=1S/C19H24O6S/c1-11(5-7-15(20)21)4-6-13-17(22)16-14(10-25-19(16)23)12(2)18(13)24-8-3-9-26/h4,22,26H,3,5-10H2,1-2H3,(H,20,21)/b11-4+. The zero-order valence-electron chi connectivity index (χ0n) is 15.0. The summed E-state index contributed by atoms with van der Waals surface area (Å²) in [6, 6.07) is 0. The molecule has 1 aromatic rings.